The highest BCUT2D eigenvalue weighted by Crippen LogP contribution is 2.29. The first-order valence-corrected chi connectivity index (χ1v) is 11.3. The maximum atomic E-state index is 11.9. The summed E-state index contributed by atoms with van der Waals surface area (Å²) in [6, 6.07) is 11.1. The van der Waals surface area contributed by atoms with Crippen LogP contribution in [0, 0.1) is 24.2 Å². The molecule has 1 aromatic rings. The molecule has 1 amide bonds. The lowest BCUT2D eigenvalue weighted by Gasteiger charge is -2.32. The van der Waals surface area contributed by atoms with Crippen LogP contribution in [0.3, 0.4) is 0 Å². The van der Waals surface area contributed by atoms with Gasteiger partial charge in [0.2, 0.25) is 5.91 Å². The van der Waals surface area contributed by atoms with Gasteiger partial charge >= 0.3 is 0 Å². The summed E-state index contributed by atoms with van der Waals surface area (Å²) in [5.41, 5.74) is 4.30. The predicted molar refractivity (Wildman–Crippen MR) is 118 cm³/mol. The largest absolute Gasteiger partial charge is 0.353 e. The number of amides is 1. The first-order valence-electron chi connectivity index (χ1n) is 11.3. The van der Waals surface area contributed by atoms with Crippen LogP contribution < -0.4 is 5.32 Å². The maximum Gasteiger partial charge on any atom is 0.220 e. The van der Waals surface area contributed by atoms with Crippen LogP contribution >= 0.6 is 0 Å². The van der Waals surface area contributed by atoms with Gasteiger partial charge in [-0.25, -0.2) is 0 Å². The molecule has 29 heavy (non-hydrogen) atoms. The molecule has 0 radical (unpaired) electrons. The van der Waals surface area contributed by atoms with Crippen LogP contribution in [-0.2, 0) is 4.79 Å². The highest BCUT2D eigenvalue weighted by Gasteiger charge is 2.23. The van der Waals surface area contributed by atoms with Crippen molar-refractivity contribution in [3.63, 3.8) is 0 Å². The molecule has 3 rings (SSSR count). The topological polar surface area (TPSA) is 56.1 Å². The fourth-order valence-corrected chi connectivity index (χ4v) is 4.68. The minimum Gasteiger partial charge on any atom is -0.353 e. The minimum atomic E-state index is 0.119. The number of aryl methyl sites for hydroxylation is 1. The normalized spacial score (nSPS) is 22.6. The summed E-state index contributed by atoms with van der Waals surface area (Å²) in [4.78, 5) is 14.5. The molecular weight excluding hydrogens is 358 g/mol. The number of nitrogens with one attached hydrogen (secondary N) is 1. The minimum absolute atomic E-state index is 0.119. The van der Waals surface area contributed by atoms with Gasteiger partial charge in [-0.2, -0.15) is 5.26 Å². The van der Waals surface area contributed by atoms with E-state index in [1.807, 2.05) is 0 Å². The first kappa shape index (κ1) is 21.6. The lowest BCUT2D eigenvalue weighted by Crippen LogP contribution is -2.38. The van der Waals surface area contributed by atoms with Crippen molar-refractivity contribution >= 4 is 11.5 Å². The van der Waals surface area contributed by atoms with E-state index < -0.39 is 0 Å². The predicted octanol–water partition coefficient (Wildman–Crippen LogP) is 4.84. The summed E-state index contributed by atoms with van der Waals surface area (Å²) in [6.07, 6.45) is 11.1. The van der Waals surface area contributed by atoms with Gasteiger partial charge in [-0.1, -0.05) is 30.3 Å². The van der Waals surface area contributed by atoms with Gasteiger partial charge in [0.1, 0.15) is 0 Å². The zero-order valence-corrected chi connectivity index (χ0v) is 17.8. The molecule has 0 unspecified atom stereocenters. The van der Waals surface area contributed by atoms with Crippen LogP contribution in [-0.4, -0.2) is 36.5 Å². The smallest absolute Gasteiger partial charge is 0.220 e. The molecule has 0 spiro atoms. The second-order valence-electron chi connectivity index (χ2n) is 8.68. The third-order valence-corrected chi connectivity index (χ3v) is 6.54. The molecule has 1 fully saturated rings. The van der Waals surface area contributed by atoms with Crippen LogP contribution in [0.25, 0.3) is 5.57 Å². The number of carbonyl (C=O) groups excluding carboxylic acids is 1. The molecule has 156 valence electrons. The molecule has 1 N–H and O–H groups in total. The van der Waals surface area contributed by atoms with Crippen molar-refractivity contribution in [3.05, 3.63) is 41.5 Å². The third-order valence-electron chi connectivity index (χ3n) is 6.54. The van der Waals surface area contributed by atoms with Crippen molar-refractivity contribution in [2.45, 2.75) is 70.8 Å². The van der Waals surface area contributed by atoms with Gasteiger partial charge in [0.05, 0.1) is 6.07 Å². The second kappa shape index (κ2) is 11.2. The molecule has 0 saturated heterocycles. The maximum absolute atomic E-state index is 11.9. The number of benzene rings is 1. The number of hydrogen-bond acceptors (Lipinski definition) is 3. The molecule has 0 bridgehead atoms. The monoisotopic (exact) mass is 393 g/mol. The van der Waals surface area contributed by atoms with Crippen molar-refractivity contribution in [3.8, 4) is 6.07 Å². The lowest BCUT2D eigenvalue weighted by atomic mass is 9.84. The number of carbonyl (C=O) groups is 1. The van der Waals surface area contributed by atoms with Gasteiger partial charge in [0.25, 0.3) is 0 Å². The average molecular weight is 394 g/mol. The number of rotatable bonds is 8. The fourth-order valence-electron chi connectivity index (χ4n) is 4.68. The standard InChI is InChI=1S/C25H35N3O/c1-20-6-2-3-7-24(20)22-14-18-28(19-15-22)17-13-21-9-11-23(12-10-21)27-25(29)8-4-5-16-26/h2-3,6-7,14,21,23H,4-5,8-13,15,17-19H2,1H3,(H,27,29)/t21-,23-. The third kappa shape index (κ3) is 6.72. The van der Waals surface area contributed by atoms with Crippen LogP contribution in [0.1, 0.15) is 68.9 Å². The Morgan fingerprint density at radius 2 is 2.03 bits per heavy atom. The van der Waals surface area contributed by atoms with Gasteiger partial charge in [0, 0.05) is 32.0 Å². The Morgan fingerprint density at radius 1 is 1.24 bits per heavy atom. The Hall–Kier alpha value is -2.12. The molecule has 1 heterocycles. The van der Waals surface area contributed by atoms with Crippen LogP contribution in [0.15, 0.2) is 30.3 Å². The molecule has 4 nitrogen and oxygen atoms in total. The molecule has 4 heteroatoms. The SMILES string of the molecule is Cc1ccccc1C1=CCN(CC[C@H]2CC[C@H](NC(=O)CCCC#N)CC2)CC1. The first-order chi connectivity index (χ1) is 14.2. The van der Waals surface area contributed by atoms with Crippen LogP contribution in [0.5, 0.6) is 0 Å². The summed E-state index contributed by atoms with van der Waals surface area (Å²) < 4.78 is 0. The zero-order valence-electron chi connectivity index (χ0n) is 17.8. The van der Waals surface area contributed by atoms with Gasteiger partial charge in [0.15, 0.2) is 0 Å². The highest BCUT2D eigenvalue weighted by atomic mass is 16.1. The fraction of sp³-hybridized carbons (Fsp3) is 0.600. The Labute approximate surface area is 176 Å². The number of nitrogens with zero attached hydrogens (tertiary/aromatic N) is 2. The van der Waals surface area contributed by atoms with Crippen molar-refractivity contribution in [2.75, 3.05) is 19.6 Å². The van der Waals surface area contributed by atoms with Crippen LogP contribution in [0.4, 0.5) is 0 Å². The average Bonchev–Trinajstić information content (AvgIpc) is 2.74. The van der Waals surface area contributed by atoms with E-state index in [-0.39, 0.29) is 5.91 Å². The Balaban J connectivity index is 1.34. The van der Waals surface area contributed by atoms with E-state index in [9.17, 15) is 4.79 Å². The lowest BCUT2D eigenvalue weighted by molar-refractivity contribution is -0.122. The molecule has 1 aliphatic carbocycles. The molecular formula is C25H35N3O. The number of hydrogen-bond donors (Lipinski definition) is 1. The number of nitriles is 1. The molecule has 0 aromatic heterocycles. The van der Waals surface area contributed by atoms with E-state index in [0.717, 1.165) is 38.3 Å². The zero-order chi connectivity index (χ0) is 20.5. The van der Waals surface area contributed by atoms with Crippen molar-refractivity contribution < 1.29 is 4.79 Å². The van der Waals surface area contributed by atoms with Crippen molar-refractivity contribution in [2.24, 2.45) is 5.92 Å². The van der Waals surface area contributed by atoms with Crippen LogP contribution in [0.2, 0.25) is 0 Å². The highest BCUT2D eigenvalue weighted by molar-refractivity contribution is 5.76. The van der Waals surface area contributed by atoms with Gasteiger partial charge in [-0.3, -0.25) is 9.69 Å². The van der Waals surface area contributed by atoms with E-state index in [1.165, 1.54) is 42.5 Å². The summed E-state index contributed by atoms with van der Waals surface area (Å²) in [5, 5.41) is 11.7. The van der Waals surface area contributed by atoms with E-state index in [1.54, 1.807) is 0 Å². The quantitative estimate of drug-likeness (QED) is 0.643. The van der Waals surface area contributed by atoms with E-state index >= 15 is 0 Å². The van der Waals surface area contributed by atoms with Crippen molar-refractivity contribution in [1.82, 2.24) is 10.2 Å². The van der Waals surface area contributed by atoms with E-state index in [0.29, 0.717) is 25.3 Å². The molecule has 1 aliphatic heterocycles. The summed E-state index contributed by atoms with van der Waals surface area (Å²) in [6.45, 7) is 5.62. The van der Waals surface area contributed by atoms with Crippen molar-refractivity contribution in [1.29, 1.82) is 5.26 Å². The molecule has 0 atom stereocenters. The Morgan fingerprint density at radius 3 is 2.72 bits per heavy atom. The van der Waals surface area contributed by atoms with Gasteiger partial charge < -0.3 is 5.32 Å². The Bertz CT molecular complexity index is 741. The number of unbranched alkanes of at least 4 members (excludes halogenated alkanes) is 1. The van der Waals surface area contributed by atoms with E-state index in [4.69, 9.17) is 5.26 Å². The molecule has 1 saturated carbocycles. The van der Waals surface area contributed by atoms with Gasteiger partial charge in [-0.05, 0) is 81.0 Å². The summed E-state index contributed by atoms with van der Waals surface area (Å²) in [5.74, 6) is 0.914. The second-order valence-corrected chi connectivity index (χ2v) is 8.68. The van der Waals surface area contributed by atoms with E-state index in [2.05, 4.69) is 53.6 Å². The molecule has 2 aliphatic rings. The summed E-state index contributed by atoms with van der Waals surface area (Å²) in [7, 11) is 0. The summed E-state index contributed by atoms with van der Waals surface area (Å²) >= 11 is 0. The van der Waals surface area contributed by atoms with Gasteiger partial charge in [-0.15, -0.1) is 0 Å². The Kier molecular flexibility index (Phi) is 8.31. The molecule has 1 aromatic carbocycles.